The number of hydrogen-bond acceptors (Lipinski definition) is 6. The largest absolute Gasteiger partial charge is 0.490 e. The van der Waals surface area contributed by atoms with Gasteiger partial charge in [0.25, 0.3) is 5.69 Å². The highest BCUT2D eigenvalue weighted by Crippen LogP contribution is 2.37. The third kappa shape index (κ3) is 6.87. The van der Waals surface area contributed by atoms with Gasteiger partial charge in [-0.15, -0.1) is 0 Å². The van der Waals surface area contributed by atoms with Crippen LogP contribution in [0.4, 0.5) is 11.4 Å². The first-order valence-electron chi connectivity index (χ1n) is 10.4. The van der Waals surface area contributed by atoms with Gasteiger partial charge in [0.1, 0.15) is 6.61 Å². The lowest BCUT2D eigenvalue weighted by atomic mass is 10.2. The van der Waals surface area contributed by atoms with Crippen molar-refractivity contribution in [2.45, 2.75) is 20.1 Å². The molecule has 168 valence electrons. The summed E-state index contributed by atoms with van der Waals surface area (Å²) < 4.78 is 11.7. The molecule has 0 saturated carbocycles. The summed E-state index contributed by atoms with van der Waals surface area (Å²) >= 11 is 6.50. The number of benzene rings is 3. The minimum Gasteiger partial charge on any atom is -0.490 e. The van der Waals surface area contributed by atoms with Gasteiger partial charge in [-0.1, -0.05) is 41.9 Å². The molecule has 0 aliphatic carbocycles. The summed E-state index contributed by atoms with van der Waals surface area (Å²) in [5, 5.41) is 17.8. The fraction of sp³-hybridized carbons (Fsp3) is 0.250. The van der Waals surface area contributed by atoms with Crippen LogP contribution in [0.25, 0.3) is 0 Å². The van der Waals surface area contributed by atoms with Crippen LogP contribution in [0.2, 0.25) is 5.02 Å². The Bertz CT molecular complexity index is 1010. The van der Waals surface area contributed by atoms with Crippen LogP contribution in [0, 0.1) is 10.1 Å². The van der Waals surface area contributed by atoms with Crippen LogP contribution in [0.1, 0.15) is 18.1 Å². The van der Waals surface area contributed by atoms with Gasteiger partial charge < -0.3 is 20.1 Å². The topological polar surface area (TPSA) is 85.7 Å². The van der Waals surface area contributed by atoms with Crippen molar-refractivity contribution in [2.24, 2.45) is 0 Å². The second-order valence-electron chi connectivity index (χ2n) is 7.02. The quantitative estimate of drug-likeness (QED) is 0.215. The number of nitrogens with one attached hydrogen (secondary N) is 2. The van der Waals surface area contributed by atoms with Gasteiger partial charge in [-0.25, -0.2) is 0 Å². The van der Waals surface area contributed by atoms with E-state index in [1.54, 1.807) is 12.1 Å². The highest BCUT2D eigenvalue weighted by Gasteiger charge is 2.13. The average Bonchev–Trinajstić information content (AvgIpc) is 2.79. The number of rotatable bonds is 12. The Labute approximate surface area is 192 Å². The van der Waals surface area contributed by atoms with Crippen LogP contribution in [0.3, 0.4) is 0 Å². The van der Waals surface area contributed by atoms with Gasteiger partial charge in [0.15, 0.2) is 11.5 Å². The monoisotopic (exact) mass is 455 g/mol. The van der Waals surface area contributed by atoms with Crippen molar-refractivity contribution in [3.05, 3.63) is 93.0 Å². The predicted octanol–water partition coefficient (Wildman–Crippen LogP) is 5.43. The van der Waals surface area contributed by atoms with Crippen LogP contribution >= 0.6 is 11.6 Å². The molecule has 0 fully saturated rings. The summed E-state index contributed by atoms with van der Waals surface area (Å²) in [5.74, 6) is 1.16. The standard InChI is InChI=1S/C24H26ClN3O4/c1-2-31-23-15-19(14-22(25)24(23)32-17-18-6-4-3-5-7-18)16-26-12-13-27-20-8-10-21(11-9-20)28(29)30/h3-11,14-15,26-27H,2,12-13,16-17H2,1H3. The number of hydrogen-bond donors (Lipinski definition) is 2. The Kier molecular flexibility index (Phi) is 8.71. The lowest BCUT2D eigenvalue weighted by Gasteiger charge is -2.16. The van der Waals surface area contributed by atoms with Gasteiger partial charge in [-0.05, 0) is 42.3 Å². The minimum absolute atomic E-state index is 0.0758. The molecule has 0 radical (unpaired) electrons. The molecule has 0 aliphatic heterocycles. The summed E-state index contributed by atoms with van der Waals surface area (Å²) in [6.45, 7) is 4.82. The summed E-state index contributed by atoms with van der Waals surface area (Å²) in [6, 6.07) is 20.1. The molecule has 0 bridgehead atoms. The molecular weight excluding hydrogens is 430 g/mol. The zero-order valence-electron chi connectivity index (χ0n) is 17.8. The minimum atomic E-state index is -0.412. The Hall–Kier alpha value is -3.29. The van der Waals surface area contributed by atoms with Gasteiger partial charge in [0.2, 0.25) is 0 Å². The van der Waals surface area contributed by atoms with E-state index in [0.717, 1.165) is 16.8 Å². The fourth-order valence-electron chi connectivity index (χ4n) is 3.09. The molecule has 0 atom stereocenters. The third-order valence-corrected chi connectivity index (χ3v) is 4.91. The second kappa shape index (κ2) is 11.9. The van der Waals surface area contributed by atoms with E-state index >= 15 is 0 Å². The molecule has 0 amide bonds. The molecule has 7 nitrogen and oxygen atoms in total. The molecule has 2 N–H and O–H groups in total. The molecule has 8 heteroatoms. The normalized spacial score (nSPS) is 10.6. The van der Waals surface area contributed by atoms with E-state index in [-0.39, 0.29) is 5.69 Å². The van der Waals surface area contributed by atoms with Crippen molar-refractivity contribution in [3.63, 3.8) is 0 Å². The van der Waals surface area contributed by atoms with Crippen molar-refractivity contribution < 1.29 is 14.4 Å². The number of nitro benzene ring substituents is 1. The van der Waals surface area contributed by atoms with Gasteiger partial charge in [-0.2, -0.15) is 0 Å². The molecule has 32 heavy (non-hydrogen) atoms. The van der Waals surface area contributed by atoms with E-state index in [1.165, 1.54) is 12.1 Å². The van der Waals surface area contributed by atoms with Crippen LogP contribution in [-0.4, -0.2) is 24.6 Å². The predicted molar refractivity (Wildman–Crippen MR) is 127 cm³/mol. The summed E-state index contributed by atoms with van der Waals surface area (Å²) in [6.07, 6.45) is 0. The van der Waals surface area contributed by atoms with Crippen molar-refractivity contribution in [3.8, 4) is 11.5 Å². The lowest BCUT2D eigenvalue weighted by Crippen LogP contribution is -2.21. The summed E-state index contributed by atoms with van der Waals surface area (Å²) in [5.41, 5.74) is 2.95. The molecule has 0 unspecified atom stereocenters. The Morgan fingerprint density at radius 1 is 0.969 bits per heavy atom. The zero-order valence-corrected chi connectivity index (χ0v) is 18.6. The molecule has 0 aromatic heterocycles. The van der Waals surface area contributed by atoms with Crippen LogP contribution in [0.15, 0.2) is 66.7 Å². The fourth-order valence-corrected chi connectivity index (χ4v) is 3.37. The highest BCUT2D eigenvalue weighted by molar-refractivity contribution is 6.32. The van der Waals surface area contributed by atoms with Crippen LogP contribution in [-0.2, 0) is 13.2 Å². The Morgan fingerprint density at radius 2 is 1.72 bits per heavy atom. The third-order valence-electron chi connectivity index (χ3n) is 4.63. The molecule has 0 saturated heterocycles. The molecule has 0 spiro atoms. The SMILES string of the molecule is CCOc1cc(CNCCNc2ccc([N+](=O)[O-])cc2)cc(Cl)c1OCc1ccccc1. The van der Waals surface area contributed by atoms with Crippen molar-refractivity contribution in [1.82, 2.24) is 5.32 Å². The molecule has 3 rings (SSSR count). The molecule has 0 heterocycles. The average molecular weight is 456 g/mol. The molecule has 3 aromatic rings. The van der Waals surface area contributed by atoms with Crippen molar-refractivity contribution in [1.29, 1.82) is 0 Å². The number of nitro groups is 1. The zero-order chi connectivity index (χ0) is 22.8. The van der Waals surface area contributed by atoms with Crippen molar-refractivity contribution in [2.75, 3.05) is 25.0 Å². The van der Waals surface area contributed by atoms with Crippen molar-refractivity contribution >= 4 is 23.0 Å². The van der Waals surface area contributed by atoms with Crippen LogP contribution in [0.5, 0.6) is 11.5 Å². The van der Waals surface area contributed by atoms with E-state index in [2.05, 4.69) is 10.6 Å². The molecule has 3 aromatic carbocycles. The van der Waals surface area contributed by atoms with E-state index in [9.17, 15) is 10.1 Å². The summed E-state index contributed by atoms with van der Waals surface area (Å²) in [7, 11) is 0. The number of ether oxygens (including phenoxy) is 2. The highest BCUT2D eigenvalue weighted by atomic mass is 35.5. The van der Waals surface area contributed by atoms with Crippen LogP contribution < -0.4 is 20.1 Å². The maximum Gasteiger partial charge on any atom is 0.269 e. The Balaban J connectivity index is 1.51. The Morgan fingerprint density at radius 3 is 2.41 bits per heavy atom. The second-order valence-corrected chi connectivity index (χ2v) is 7.43. The first-order valence-corrected chi connectivity index (χ1v) is 10.8. The molecular formula is C24H26ClN3O4. The first-order chi connectivity index (χ1) is 15.6. The van der Waals surface area contributed by atoms with E-state index < -0.39 is 4.92 Å². The maximum atomic E-state index is 10.7. The van der Waals surface area contributed by atoms with Gasteiger partial charge in [0, 0.05) is 37.5 Å². The van der Waals surface area contributed by atoms with Gasteiger partial charge in [0.05, 0.1) is 16.6 Å². The number of anilines is 1. The number of halogens is 1. The first kappa shape index (κ1) is 23.4. The van der Waals surface area contributed by atoms with E-state index in [4.69, 9.17) is 21.1 Å². The number of nitrogens with zero attached hydrogens (tertiary/aromatic N) is 1. The molecule has 0 aliphatic rings. The van der Waals surface area contributed by atoms with E-state index in [1.807, 2.05) is 49.4 Å². The van der Waals surface area contributed by atoms with Gasteiger partial charge in [-0.3, -0.25) is 10.1 Å². The van der Waals surface area contributed by atoms with E-state index in [0.29, 0.717) is 49.4 Å². The number of non-ortho nitro benzene ring substituents is 1. The lowest BCUT2D eigenvalue weighted by molar-refractivity contribution is -0.384. The maximum absolute atomic E-state index is 10.7. The smallest absolute Gasteiger partial charge is 0.269 e. The van der Waals surface area contributed by atoms with Gasteiger partial charge >= 0.3 is 0 Å². The summed E-state index contributed by atoms with van der Waals surface area (Å²) in [4.78, 5) is 10.3.